The van der Waals surface area contributed by atoms with Gasteiger partial charge < -0.3 is 9.67 Å². The molecule has 0 aliphatic rings. The summed E-state index contributed by atoms with van der Waals surface area (Å²) in [5, 5.41) is 9.19. The number of nitrogens with zero attached hydrogens (tertiary/aromatic N) is 1. The number of carboxylic acids is 1. The molecule has 3 nitrogen and oxygen atoms in total. The lowest BCUT2D eigenvalue weighted by atomic mass is 10.0. The quantitative estimate of drug-likeness (QED) is 0.860. The SMILES string of the molecule is Cc1ccc(C)c(-c2c(C(=O)O)ccn2C)c1. The van der Waals surface area contributed by atoms with Gasteiger partial charge in [0.2, 0.25) is 0 Å². The largest absolute Gasteiger partial charge is 0.478 e. The summed E-state index contributed by atoms with van der Waals surface area (Å²) >= 11 is 0. The average molecular weight is 229 g/mol. The molecule has 0 aliphatic heterocycles. The summed E-state index contributed by atoms with van der Waals surface area (Å²) in [6.07, 6.45) is 1.78. The first-order chi connectivity index (χ1) is 8.00. The Labute approximate surface area is 100 Å². The standard InChI is InChI=1S/C14H15NO2/c1-9-4-5-10(2)12(8-9)13-11(14(16)17)6-7-15(13)3/h4-8H,1-3H3,(H,16,17). The van der Waals surface area contributed by atoms with Crippen molar-refractivity contribution in [2.24, 2.45) is 7.05 Å². The number of rotatable bonds is 2. The molecule has 0 spiro atoms. The van der Waals surface area contributed by atoms with Gasteiger partial charge in [-0.3, -0.25) is 0 Å². The Morgan fingerprint density at radius 3 is 2.59 bits per heavy atom. The Kier molecular flexibility index (Phi) is 2.76. The van der Waals surface area contributed by atoms with Gasteiger partial charge in [0.15, 0.2) is 0 Å². The lowest BCUT2D eigenvalue weighted by molar-refractivity contribution is 0.0698. The molecular formula is C14H15NO2. The van der Waals surface area contributed by atoms with Gasteiger partial charge in [0, 0.05) is 18.8 Å². The fraction of sp³-hybridized carbons (Fsp3) is 0.214. The summed E-state index contributed by atoms with van der Waals surface area (Å²) < 4.78 is 1.85. The predicted octanol–water partition coefficient (Wildman–Crippen LogP) is 3.01. The smallest absolute Gasteiger partial charge is 0.337 e. The fourth-order valence-corrected chi connectivity index (χ4v) is 2.03. The van der Waals surface area contributed by atoms with E-state index in [1.807, 2.05) is 43.7 Å². The number of hydrogen-bond donors (Lipinski definition) is 1. The van der Waals surface area contributed by atoms with Crippen LogP contribution in [0.1, 0.15) is 21.5 Å². The highest BCUT2D eigenvalue weighted by Gasteiger charge is 2.16. The van der Waals surface area contributed by atoms with Gasteiger partial charge >= 0.3 is 5.97 Å². The van der Waals surface area contributed by atoms with Crippen molar-refractivity contribution in [3.8, 4) is 11.3 Å². The van der Waals surface area contributed by atoms with Crippen LogP contribution in [0, 0.1) is 13.8 Å². The first-order valence-corrected chi connectivity index (χ1v) is 5.47. The number of aryl methyl sites for hydroxylation is 3. The van der Waals surface area contributed by atoms with Crippen LogP contribution in [0.3, 0.4) is 0 Å². The van der Waals surface area contributed by atoms with Crippen molar-refractivity contribution in [3.63, 3.8) is 0 Å². The maximum atomic E-state index is 11.2. The van der Waals surface area contributed by atoms with Gasteiger partial charge in [0.05, 0.1) is 11.3 Å². The first-order valence-electron chi connectivity index (χ1n) is 5.47. The van der Waals surface area contributed by atoms with Gasteiger partial charge in [-0.2, -0.15) is 0 Å². The fourth-order valence-electron chi connectivity index (χ4n) is 2.03. The summed E-state index contributed by atoms with van der Waals surface area (Å²) in [6, 6.07) is 7.71. The third kappa shape index (κ3) is 1.96. The molecule has 3 heteroatoms. The zero-order valence-electron chi connectivity index (χ0n) is 10.2. The van der Waals surface area contributed by atoms with Crippen LogP contribution in [0.25, 0.3) is 11.3 Å². The molecule has 1 aromatic heterocycles. The zero-order valence-corrected chi connectivity index (χ0v) is 10.2. The van der Waals surface area contributed by atoms with E-state index in [0.29, 0.717) is 5.56 Å². The normalized spacial score (nSPS) is 10.5. The van der Waals surface area contributed by atoms with E-state index < -0.39 is 5.97 Å². The second-order valence-electron chi connectivity index (χ2n) is 4.31. The molecule has 0 unspecified atom stereocenters. The van der Waals surface area contributed by atoms with Crippen LogP contribution in [0.15, 0.2) is 30.5 Å². The van der Waals surface area contributed by atoms with Crippen molar-refractivity contribution in [2.75, 3.05) is 0 Å². The molecule has 0 aliphatic carbocycles. The van der Waals surface area contributed by atoms with E-state index in [1.165, 1.54) is 0 Å². The van der Waals surface area contributed by atoms with Gasteiger partial charge in [0.1, 0.15) is 0 Å². The minimum absolute atomic E-state index is 0.348. The number of hydrogen-bond acceptors (Lipinski definition) is 1. The molecule has 2 aromatic rings. The van der Waals surface area contributed by atoms with E-state index in [2.05, 4.69) is 0 Å². The van der Waals surface area contributed by atoms with Crippen LogP contribution in [0.5, 0.6) is 0 Å². The molecule has 1 heterocycles. The maximum Gasteiger partial charge on any atom is 0.337 e. The maximum absolute atomic E-state index is 11.2. The van der Waals surface area contributed by atoms with E-state index in [-0.39, 0.29) is 0 Å². The second-order valence-corrected chi connectivity index (χ2v) is 4.31. The first kappa shape index (κ1) is 11.5. The topological polar surface area (TPSA) is 42.2 Å². The Morgan fingerprint density at radius 1 is 1.24 bits per heavy atom. The molecule has 0 saturated carbocycles. The average Bonchev–Trinajstić information content (AvgIpc) is 2.64. The Balaban J connectivity index is 2.71. The lowest BCUT2D eigenvalue weighted by Crippen LogP contribution is -2.01. The number of aromatic carboxylic acids is 1. The monoisotopic (exact) mass is 229 g/mol. The molecule has 2 rings (SSSR count). The molecule has 0 saturated heterocycles. The van der Waals surface area contributed by atoms with Gasteiger partial charge in [-0.25, -0.2) is 4.79 Å². The summed E-state index contributed by atoms with van der Waals surface area (Å²) in [4.78, 5) is 11.2. The van der Waals surface area contributed by atoms with E-state index in [1.54, 1.807) is 12.3 Å². The second kappa shape index (κ2) is 4.09. The number of aromatic nitrogens is 1. The predicted molar refractivity (Wildman–Crippen MR) is 67.3 cm³/mol. The highest BCUT2D eigenvalue weighted by atomic mass is 16.4. The minimum Gasteiger partial charge on any atom is -0.478 e. The van der Waals surface area contributed by atoms with Crippen molar-refractivity contribution in [3.05, 3.63) is 47.2 Å². The number of benzene rings is 1. The molecule has 0 radical (unpaired) electrons. The van der Waals surface area contributed by atoms with Crippen molar-refractivity contribution in [2.45, 2.75) is 13.8 Å². The Hall–Kier alpha value is -2.03. The Morgan fingerprint density at radius 2 is 1.94 bits per heavy atom. The van der Waals surface area contributed by atoms with Crippen molar-refractivity contribution in [1.29, 1.82) is 0 Å². The zero-order chi connectivity index (χ0) is 12.6. The van der Waals surface area contributed by atoms with Gasteiger partial charge in [-0.05, 0) is 31.5 Å². The molecule has 0 amide bonds. The summed E-state index contributed by atoms with van der Waals surface area (Å²) in [6.45, 7) is 4.00. The Bertz CT molecular complexity index is 582. The van der Waals surface area contributed by atoms with Crippen LogP contribution >= 0.6 is 0 Å². The number of carbonyl (C=O) groups is 1. The van der Waals surface area contributed by atoms with Crippen molar-refractivity contribution in [1.82, 2.24) is 4.57 Å². The molecule has 17 heavy (non-hydrogen) atoms. The third-order valence-corrected chi connectivity index (χ3v) is 2.95. The van der Waals surface area contributed by atoms with E-state index in [9.17, 15) is 9.90 Å². The van der Waals surface area contributed by atoms with Crippen LogP contribution in [-0.2, 0) is 7.05 Å². The van der Waals surface area contributed by atoms with Gasteiger partial charge in [0.25, 0.3) is 0 Å². The number of carboxylic acid groups (broad SMARTS) is 1. The van der Waals surface area contributed by atoms with Crippen LogP contribution in [-0.4, -0.2) is 15.6 Å². The molecular weight excluding hydrogens is 214 g/mol. The summed E-state index contributed by atoms with van der Waals surface area (Å²) in [5.41, 5.74) is 4.30. The third-order valence-electron chi connectivity index (χ3n) is 2.95. The molecule has 0 fully saturated rings. The van der Waals surface area contributed by atoms with Crippen LogP contribution in [0.2, 0.25) is 0 Å². The van der Waals surface area contributed by atoms with E-state index in [0.717, 1.165) is 22.4 Å². The van der Waals surface area contributed by atoms with Crippen LogP contribution < -0.4 is 0 Å². The van der Waals surface area contributed by atoms with Crippen molar-refractivity contribution < 1.29 is 9.90 Å². The molecule has 1 aromatic carbocycles. The molecule has 0 bridgehead atoms. The van der Waals surface area contributed by atoms with Crippen LogP contribution in [0.4, 0.5) is 0 Å². The van der Waals surface area contributed by atoms with E-state index in [4.69, 9.17) is 0 Å². The molecule has 1 N–H and O–H groups in total. The lowest BCUT2D eigenvalue weighted by Gasteiger charge is -2.10. The highest BCUT2D eigenvalue weighted by molar-refractivity contribution is 5.95. The van der Waals surface area contributed by atoms with Crippen molar-refractivity contribution >= 4 is 5.97 Å². The molecule has 88 valence electrons. The molecule has 0 atom stereocenters. The summed E-state index contributed by atoms with van der Waals surface area (Å²) in [7, 11) is 1.86. The highest BCUT2D eigenvalue weighted by Crippen LogP contribution is 2.28. The minimum atomic E-state index is -0.887. The van der Waals surface area contributed by atoms with Gasteiger partial charge in [-0.1, -0.05) is 17.7 Å². The summed E-state index contributed by atoms with van der Waals surface area (Å²) in [5.74, 6) is -0.887. The van der Waals surface area contributed by atoms with E-state index >= 15 is 0 Å². The van der Waals surface area contributed by atoms with Gasteiger partial charge in [-0.15, -0.1) is 0 Å².